The molecule has 2 heterocycles. The molecule has 9 rings (SSSR count). The average molecular weight is 638 g/mol. The molecule has 234 valence electrons. The van der Waals surface area contributed by atoms with Gasteiger partial charge in [-0.15, -0.1) is 0 Å². The van der Waals surface area contributed by atoms with Gasteiger partial charge in [0.05, 0.1) is 11.4 Å². The summed E-state index contributed by atoms with van der Waals surface area (Å²) >= 11 is 0. The minimum absolute atomic E-state index is 0.640. The highest BCUT2D eigenvalue weighted by molar-refractivity contribution is 5.92. The first-order valence-corrected chi connectivity index (χ1v) is 16.8. The maximum atomic E-state index is 5.18. The molecule has 0 aliphatic rings. The van der Waals surface area contributed by atoms with Crippen molar-refractivity contribution >= 4 is 21.5 Å². The number of benzene rings is 7. The Kier molecular flexibility index (Phi) is 7.49. The van der Waals surface area contributed by atoms with E-state index in [2.05, 4.69) is 163 Å². The number of hydrogen-bond donors (Lipinski definition) is 0. The molecule has 50 heavy (non-hydrogen) atoms. The summed E-state index contributed by atoms with van der Waals surface area (Å²) in [6.07, 6.45) is 3.60. The molecule has 0 aliphatic carbocycles. The van der Waals surface area contributed by atoms with E-state index in [-0.39, 0.29) is 0 Å². The Morgan fingerprint density at radius 3 is 1.36 bits per heavy atom. The van der Waals surface area contributed by atoms with Crippen LogP contribution in [0.15, 0.2) is 188 Å². The van der Waals surface area contributed by atoms with E-state index in [0.717, 1.165) is 50.3 Å². The topological polar surface area (TPSA) is 38.7 Å². The molecule has 0 N–H and O–H groups in total. The van der Waals surface area contributed by atoms with E-state index in [1.165, 1.54) is 32.7 Å². The SMILES string of the molecule is c1ccc(-c2ccc(-c3cc(-c4cc(-c5ccc6ccccc6c5)cc(-c5ccc6ccccc6c5)c4)nc(-c4cccnc4)n3)cc2)cc1. The zero-order valence-electron chi connectivity index (χ0n) is 27.2. The molecule has 0 unspecified atom stereocenters. The van der Waals surface area contributed by atoms with Crippen molar-refractivity contribution in [2.75, 3.05) is 0 Å². The van der Waals surface area contributed by atoms with Gasteiger partial charge in [0.25, 0.3) is 0 Å². The maximum absolute atomic E-state index is 5.18. The molecule has 0 bridgehead atoms. The summed E-state index contributed by atoms with van der Waals surface area (Å²) in [6, 6.07) is 62.3. The van der Waals surface area contributed by atoms with Gasteiger partial charge in [-0.2, -0.15) is 0 Å². The van der Waals surface area contributed by atoms with Crippen LogP contribution in [0.2, 0.25) is 0 Å². The fourth-order valence-electron chi connectivity index (χ4n) is 6.68. The molecule has 0 radical (unpaired) electrons. The van der Waals surface area contributed by atoms with Crippen molar-refractivity contribution in [1.29, 1.82) is 0 Å². The van der Waals surface area contributed by atoms with Crippen LogP contribution in [-0.2, 0) is 0 Å². The van der Waals surface area contributed by atoms with E-state index in [0.29, 0.717) is 5.82 Å². The fraction of sp³-hybridized carbons (Fsp3) is 0. The van der Waals surface area contributed by atoms with Gasteiger partial charge >= 0.3 is 0 Å². The second kappa shape index (κ2) is 12.7. The monoisotopic (exact) mass is 637 g/mol. The fourth-order valence-corrected chi connectivity index (χ4v) is 6.68. The normalized spacial score (nSPS) is 11.2. The van der Waals surface area contributed by atoms with Gasteiger partial charge in [-0.3, -0.25) is 4.98 Å². The standard InChI is InChI=1S/C47H31N3/c1-2-9-32(10-3-1)35-16-20-36(21-17-35)45-30-46(50-47(49-45)41-15-8-24-48-31-41)44-28-42(39-22-18-33-11-4-6-13-37(33)25-39)27-43(29-44)40-23-19-34-12-5-7-14-38(34)26-40/h1-31H. The molecular weight excluding hydrogens is 607 g/mol. The second-order valence-electron chi connectivity index (χ2n) is 12.6. The van der Waals surface area contributed by atoms with Gasteiger partial charge in [-0.1, -0.05) is 127 Å². The molecule has 0 saturated heterocycles. The van der Waals surface area contributed by atoms with E-state index in [1.54, 1.807) is 6.20 Å². The molecule has 0 fully saturated rings. The highest BCUT2D eigenvalue weighted by atomic mass is 14.9. The Morgan fingerprint density at radius 1 is 0.280 bits per heavy atom. The average Bonchev–Trinajstić information content (AvgIpc) is 3.21. The van der Waals surface area contributed by atoms with Crippen LogP contribution in [0.5, 0.6) is 0 Å². The molecule has 3 heteroatoms. The summed E-state index contributed by atoms with van der Waals surface area (Å²) in [5.74, 6) is 0.640. The maximum Gasteiger partial charge on any atom is 0.161 e. The Morgan fingerprint density at radius 2 is 0.760 bits per heavy atom. The zero-order chi connectivity index (χ0) is 33.3. The molecule has 9 aromatic rings. The van der Waals surface area contributed by atoms with Crippen LogP contribution in [0.3, 0.4) is 0 Å². The van der Waals surface area contributed by atoms with Gasteiger partial charge in [-0.05, 0) is 103 Å². The highest BCUT2D eigenvalue weighted by Crippen LogP contribution is 2.36. The smallest absolute Gasteiger partial charge is 0.161 e. The van der Waals surface area contributed by atoms with Gasteiger partial charge in [-0.25, -0.2) is 9.97 Å². The van der Waals surface area contributed by atoms with Gasteiger partial charge in [0, 0.05) is 29.1 Å². The van der Waals surface area contributed by atoms with Gasteiger partial charge in [0.2, 0.25) is 0 Å². The zero-order valence-corrected chi connectivity index (χ0v) is 27.2. The summed E-state index contributed by atoms with van der Waals surface area (Å²) in [4.78, 5) is 14.7. The quantitative estimate of drug-likeness (QED) is 0.182. The largest absolute Gasteiger partial charge is 0.264 e. The number of aromatic nitrogens is 3. The first-order valence-electron chi connectivity index (χ1n) is 16.8. The third kappa shape index (κ3) is 5.82. The van der Waals surface area contributed by atoms with Crippen molar-refractivity contribution in [3.05, 3.63) is 188 Å². The van der Waals surface area contributed by atoms with Crippen LogP contribution < -0.4 is 0 Å². The van der Waals surface area contributed by atoms with E-state index in [9.17, 15) is 0 Å². The minimum atomic E-state index is 0.640. The van der Waals surface area contributed by atoms with Gasteiger partial charge < -0.3 is 0 Å². The summed E-state index contributed by atoms with van der Waals surface area (Å²) < 4.78 is 0. The van der Waals surface area contributed by atoms with Crippen LogP contribution in [0, 0.1) is 0 Å². The highest BCUT2D eigenvalue weighted by Gasteiger charge is 2.14. The lowest BCUT2D eigenvalue weighted by molar-refractivity contribution is 1.17. The minimum Gasteiger partial charge on any atom is -0.264 e. The summed E-state index contributed by atoms with van der Waals surface area (Å²) in [5.41, 5.74) is 11.6. The second-order valence-corrected chi connectivity index (χ2v) is 12.6. The molecule has 0 amide bonds. The molecule has 3 nitrogen and oxygen atoms in total. The van der Waals surface area contributed by atoms with E-state index >= 15 is 0 Å². The summed E-state index contributed by atoms with van der Waals surface area (Å²) in [6.45, 7) is 0. The molecular formula is C47H31N3. The number of fused-ring (bicyclic) bond motifs is 2. The van der Waals surface area contributed by atoms with Gasteiger partial charge in [0.15, 0.2) is 5.82 Å². The Bertz CT molecular complexity index is 2530. The molecule has 0 atom stereocenters. The van der Waals surface area contributed by atoms with Crippen molar-refractivity contribution in [2.24, 2.45) is 0 Å². The molecule has 0 spiro atoms. The van der Waals surface area contributed by atoms with E-state index < -0.39 is 0 Å². The third-order valence-electron chi connectivity index (χ3n) is 9.33. The van der Waals surface area contributed by atoms with Crippen molar-refractivity contribution in [3.8, 4) is 67.3 Å². The molecule has 2 aromatic heterocycles. The molecule has 0 aliphatic heterocycles. The Balaban J connectivity index is 1.23. The molecule has 7 aromatic carbocycles. The number of nitrogens with zero attached hydrogens (tertiary/aromatic N) is 3. The van der Waals surface area contributed by atoms with Crippen molar-refractivity contribution < 1.29 is 0 Å². The van der Waals surface area contributed by atoms with E-state index in [1.807, 2.05) is 24.4 Å². The lowest BCUT2D eigenvalue weighted by atomic mass is 9.92. The first kappa shape index (κ1) is 29.4. The van der Waals surface area contributed by atoms with Crippen LogP contribution in [0.25, 0.3) is 88.8 Å². The van der Waals surface area contributed by atoms with Crippen LogP contribution in [-0.4, -0.2) is 15.0 Å². The predicted molar refractivity (Wildman–Crippen MR) is 207 cm³/mol. The first-order chi connectivity index (χ1) is 24.7. The van der Waals surface area contributed by atoms with Crippen molar-refractivity contribution in [1.82, 2.24) is 15.0 Å². The summed E-state index contributed by atoms with van der Waals surface area (Å²) in [5, 5.41) is 4.87. The van der Waals surface area contributed by atoms with Gasteiger partial charge in [0.1, 0.15) is 0 Å². The number of pyridine rings is 1. The van der Waals surface area contributed by atoms with Crippen molar-refractivity contribution in [2.45, 2.75) is 0 Å². The lowest BCUT2D eigenvalue weighted by Crippen LogP contribution is -1.97. The van der Waals surface area contributed by atoms with Crippen LogP contribution in [0.4, 0.5) is 0 Å². The predicted octanol–water partition coefficient (Wildman–Crippen LogP) is 12.2. The number of hydrogen-bond acceptors (Lipinski definition) is 3. The third-order valence-corrected chi connectivity index (χ3v) is 9.33. The summed E-state index contributed by atoms with van der Waals surface area (Å²) in [7, 11) is 0. The van der Waals surface area contributed by atoms with Crippen LogP contribution >= 0.6 is 0 Å². The number of rotatable bonds is 6. The van der Waals surface area contributed by atoms with Crippen LogP contribution in [0.1, 0.15) is 0 Å². The molecule has 0 saturated carbocycles. The van der Waals surface area contributed by atoms with Crippen molar-refractivity contribution in [3.63, 3.8) is 0 Å². The lowest BCUT2D eigenvalue weighted by Gasteiger charge is -2.14. The van der Waals surface area contributed by atoms with E-state index in [4.69, 9.17) is 9.97 Å². The Hall–Kier alpha value is -6.71. The Labute approximate surface area is 291 Å².